The molecule has 4 aliphatic rings. The summed E-state index contributed by atoms with van der Waals surface area (Å²) >= 11 is 1.67. The number of thiophene rings is 1. The van der Waals surface area contributed by atoms with E-state index in [2.05, 4.69) is 48.2 Å². The number of anilines is 1. The first kappa shape index (κ1) is 15.4. The molecule has 2 aromatic rings. The molecule has 2 bridgehead atoms. The number of piperidine rings is 3. The highest BCUT2D eigenvalue weighted by molar-refractivity contribution is 7.19. The SMILES string of the molecule is Cc1ccc(-c2ccc(N3C[C@]4(CN5CCC4CC5)OC3=O)s2)cc1. The van der Waals surface area contributed by atoms with Crippen molar-refractivity contribution in [3.05, 3.63) is 42.0 Å². The Morgan fingerprint density at radius 2 is 1.84 bits per heavy atom. The molecule has 4 aliphatic heterocycles. The number of carbonyl (C=O) groups excluding carboxylic acids is 1. The highest BCUT2D eigenvalue weighted by atomic mass is 32.1. The first-order chi connectivity index (χ1) is 12.1. The monoisotopic (exact) mass is 354 g/mol. The van der Waals surface area contributed by atoms with Gasteiger partial charge in [-0.2, -0.15) is 0 Å². The lowest BCUT2D eigenvalue weighted by molar-refractivity contribution is -0.0881. The third-order valence-corrected chi connectivity index (χ3v) is 7.11. The number of rotatable bonds is 2. The van der Waals surface area contributed by atoms with Gasteiger partial charge in [-0.1, -0.05) is 29.8 Å². The predicted molar refractivity (Wildman–Crippen MR) is 100 cm³/mol. The van der Waals surface area contributed by atoms with Crippen LogP contribution >= 0.6 is 11.3 Å². The second-order valence-corrected chi connectivity index (χ2v) is 8.64. The van der Waals surface area contributed by atoms with Crippen molar-refractivity contribution in [2.75, 3.05) is 31.1 Å². The average molecular weight is 354 g/mol. The van der Waals surface area contributed by atoms with Crippen LogP contribution in [0.4, 0.5) is 9.80 Å². The van der Waals surface area contributed by atoms with Crippen LogP contribution in [0.1, 0.15) is 18.4 Å². The van der Waals surface area contributed by atoms with Crippen molar-refractivity contribution in [3.63, 3.8) is 0 Å². The van der Waals surface area contributed by atoms with Gasteiger partial charge in [0.15, 0.2) is 0 Å². The Hall–Kier alpha value is -1.85. The van der Waals surface area contributed by atoms with Crippen LogP contribution in [0.2, 0.25) is 0 Å². The number of fused-ring (bicyclic) bond motifs is 2. The summed E-state index contributed by atoms with van der Waals surface area (Å²) in [5.41, 5.74) is 2.17. The van der Waals surface area contributed by atoms with E-state index in [1.165, 1.54) is 16.0 Å². The van der Waals surface area contributed by atoms with Crippen LogP contribution in [-0.4, -0.2) is 42.8 Å². The standard InChI is InChI=1S/C20H22N2O2S/c1-14-2-4-15(5-3-14)17-6-7-18(25-17)22-13-20(24-19(22)23)12-21-10-8-16(20)9-11-21/h2-7,16H,8-13H2,1H3/t20-/m0/s1. The number of ether oxygens (including phenoxy) is 1. The topological polar surface area (TPSA) is 32.8 Å². The van der Waals surface area contributed by atoms with Crippen LogP contribution in [0.3, 0.4) is 0 Å². The molecule has 5 heterocycles. The second kappa shape index (κ2) is 5.58. The van der Waals surface area contributed by atoms with Gasteiger partial charge in [0.1, 0.15) is 10.6 Å². The minimum absolute atomic E-state index is 0.175. The Labute approximate surface area is 152 Å². The maximum atomic E-state index is 12.6. The van der Waals surface area contributed by atoms with Gasteiger partial charge in [0.25, 0.3) is 0 Å². The Bertz CT molecular complexity index is 807. The number of carbonyl (C=O) groups is 1. The van der Waals surface area contributed by atoms with Crippen molar-refractivity contribution in [2.45, 2.75) is 25.4 Å². The van der Waals surface area contributed by atoms with Crippen molar-refractivity contribution in [3.8, 4) is 10.4 Å². The number of hydrogen-bond donors (Lipinski definition) is 0. The molecule has 0 radical (unpaired) electrons. The molecule has 1 atom stereocenters. The Balaban J connectivity index is 1.41. The molecule has 130 valence electrons. The van der Waals surface area contributed by atoms with E-state index >= 15 is 0 Å². The molecule has 4 fully saturated rings. The number of hydrogen-bond acceptors (Lipinski definition) is 4. The molecule has 0 aliphatic carbocycles. The molecule has 4 nitrogen and oxygen atoms in total. The van der Waals surface area contributed by atoms with Gasteiger partial charge in [0.2, 0.25) is 0 Å². The van der Waals surface area contributed by atoms with Crippen LogP contribution in [-0.2, 0) is 4.74 Å². The van der Waals surface area contributed by atoms with Gasteiger partial charge in [-0.25, -0.2) is 4.79 Å². The third-order valence-electron chi connectivity index (χ3n) is 5.95. The Kier molecular flexibility index (Phi) is 3.44. The molecule has 1 aromatic carbocycles. The first-order valence-corrected chi connectivity index (χ1v) is 9.84. The van der Waals surface area contributed by atoms with Crippen LogP contribution < -0.4 is 4.90 Å². The molecule has 1 spiro atoms. The zero-order valence-corrected chi connectivity index (χ0v) is 15.2. The van der Waals surface area contributed by atoms with E-state index in [0.717, 1.165) is 37.5 Å². The highest BCUT2D eigenvalue weighted by Crippen LogP contribution is 2.45. The van der Waals surface area contributed by atoms with Crippen molar-refractivity contribution in [1.29, 1.82) is 0 Å². The van der Waals surface area contributed by atoms with E-state index in [1.807, 2.05) is 4.90 Å². The summed E-state index contributed by atoms with van der Waals surface area (Å²) in [7, 11) is 0. The number of aryl methyl sites for hydroxylation is 1. The lowest BCUT2D eigenvalue weighted by atomic mass is 9.75. The van der Waals surface area contributed by atoms with E-state index < -0.39 is 0 Å². The number of nitrogens with zero attached hydrogens (tertiary/aromatic N) is 2. The molecule has 1 amide bonds. The Morgan fingerprint density at radius 1 is 1.08 bits per heavy atom. The smallest absolute Gasteiger partial charge is 0.415 e. The minimum atomic E-state index is -0.290. The summed E-state index contributed by atoms with van der Waals surface area (Å²) in [5.74, 6) is 0.517. The molecule has 0 N–H and O–H groups in total. The summed E-state index contributed by atoms with van der Waals surface area (Å²) in [6.07, 6.45) is 2.13. The summed E-state index contributed by atoms with van der Waals surface area (Å²) in [5, 5.41) is 0.994. The van der Waals surface area contributed by atoms with E-state index in [-0.39, 0.29) is 11.7 Å². The molecule has 25 heavy (non-hydrogen) atoms. The zero-order chi connectivity index (χ0) is 17.0. The molecular weight excluding hydrogens is 332 g/mol. The minimum Gasteiger partial charge on any atom is -0.439 e. The molecular formula is C20H22N2O2S. The average Bonchev–Trinajstić information content (AvgIpc) is 3.22. The molecule has 5 heteroatoms. The number of benzene rings is 1. The van der Waals surface area contributed by atoms with Gasteiger partial charge in [-0.15, -0.1) is 11.3 Å². The molecule has 0 saturated carbocycles. The van der Waals surface area contributed by atoms with Crippen LogP contribution in [0, 0.1) is 12.8 Å². The van der Waals surface area contributed by atoms with E-state index in [9.17, 15) is 4.79 Å². The van der Waals surface area contributed by atoms with Gasteiger partial charge in [0.05, 0.1) is 6.54 Å². The summed E-state index contributed by atoms with van der Waals surface area (Å²) in [4.78, 5) is 18.1. The van der Waals surface area contributed by atoms with Gasteiger partial charge >= 0.3 is 6.09 Å². The van der Waals surface area contributed by atoms with Crippen molar-refractivity contribution in [1.82, 2.24) is 4.90 Å². The van der Waals surface area contributed by atoms with Crippen molar-refractivity contribution < 1.29 is 9.53 Å². The van der Waals surface area contributed by atoms with Gasteiger partial charge in [-0.05, 0) is 50.6 Å². The van der Waals surface area contributed by atoms with E-state index in [1.54, 1.807) is 11.3 Å². The normalized spacial score (nSPS) is 30.9. The maximum absolute atomic E-state index is 12.6. The molecule has 4 saturated heterocycles. The summed E-state index contributed by atoms with van der Waals surface area (Å²) < 4.78 is 5.97. The number of amides is 1. The fraction of sp³-hybridized carbons (Fsp3) is 0.450. The third kappa shape index (κ3) is 2.49. The molecule has 1 aromatic heterocycles. The maximum Gasteiger partial charge on any atom is 0.415 e. The quantitative estimate of drug-likeness (QED) is 0.812. The van der Waals surface area contributed by atoms with Crippen LogP contribution in [0.25, 0.3) is 10.4 Å². The van der Waals surface area contributed by atoms with Crippen molar-refractivity contribution >= 4 is 22.4 Å². The van der Waals surface area contributed by atoms with Gasteiger partial charge in [-0.3, -0.25) is 9.80 Å². The summed E-state index contributed by atoms with van der Waals surface area (Å²) in [6, 6.07) is 12.7. The fourth-order valence-electron chi connectivity index (χ4n) is 4.53. The fourth-order valence-corrected chi connectivity index (χ4v) is 5.53. The Morgan fingerprint density at radius 3 is 2.52 bits per heavy atom. The largest absolute Gasteiger partial charge is 0.439 e. The zero-order valence-electron chi connectivity index (χ0n) is 14.4. The van der Waals surface area contributed by atoms with E-state index in [4.69, 9.17) is 4.74 Å². The van der Waals surface area contributed by atoms with Gasteiger partial charge in [0, 0.05) is 17.3 Å². The molecule has 6 rings (SSSR count). The van der Waals surface area contributed by atoms with Crippen LogP contribution in [0.5, 0.6) is 0 Å². The predicted octanol–water partition coefficient (Wildman–Crippen LogP) is 4.14. The van der Waals surface area contributed by atoms with Gasteiger partial charge < -0.3 is 4.74 Å². The van der Waals surface area contributed by atoms with Crippen LogP contribution in [0.15, 0.2) is 36.4 Å². The lowest BCUT2D eigenvalue weighted by Gasteiger charge is -2.49. The highest BCUT2D eigenvalue weighted by Gasteiger charge is 2.55. The first-order valence-electron chi connectivity index (χ1n) is 9.03. The second-order valence-electron chi connectivity index (χ2n) is 7.57. The molecule has 0 unspecified atom stereocenters. The lowest BCUT2D eigenvalue weighted by Crippen LogP contribution is -2.61. The van der Waals surface area contributed by atoms with E-state index in [0.29, 0.717) is 12.5 Å². The van der Waals surface area contributed by atoms with Crippen molar-refractivity contribution in [2.24, 2.45) is 5.92 Å². The summed E-state index contributed by atoms with van der Waals surface area (Å²) in [6.45, 7) is 6.00.